The summed E-state index contributed by atoms with van der Waals surface area (Å²) in [5.74, 6) is 0.804. The Labute approximate surface area is 117 Å². The molecule has 100 valence electrons. The van der Waals surface area contributed by atoms with Gasteiger partial charge in [-0.2, -0.15) is 0 Å². The highest BCUT2D eigenvalue weighted by Gasteiger charge is 2.19. The highest BCUT2D eigenvalue weighted by molar-refractivity contribution is 7.15. The molecule has 1 unspecified atom stereocenters. The minimum absolute atomic E-state index is 0.241. The van der Waals surface area contributed by atoms with Crippen LogP contribution in [0.15, 0.2) is 24.4 Å². The first-order chi connectivity index (χ1) is 9.22. The molecule has 5 heteroatoms. The van der Waals surface area contributed by atoms with Gasteiger partial charge >= 0.3 is 0 Å². The normalized spacial score (nSPS) is 19.7. The van der Waals surface area contributed by atoms with Crippen molar-refractivity contribution in [3.05, 3.63) is 29.3 Å². The second-order valence-electron chi connectivity index (χ2n) is 5.00. The van der Waals surface area contributed by atoms with Crippen LogP contribution in [0, 0.1) is 6.92 Å². The summed E-state index contributed by atoms with van der Waals surface area (Å²) in [6.07, 6.45) is 4.06. The Hall–Kier alpha value is -1.46. The lowest BCUT2D eigenvalue weighted by Gasteiger charge is -2.30. The maximum Gasteiger partial charge on any atom is 0.225 e. The van der Waals surface area contributed by atoms with Gasteiger partial charge in [-0.05, 0) is 38.0 Å². The molecule has 1 fully saturated rings. The van der Waals surface area contributed by atoms with Crippen LogP contribution < -0.4 is 10.6 Å². The molecule has 0 aromatic carbocycles. The molecule has 19 heavy (non-hydrogen) atoms. The number of piperidine rings is 1. The summed E-state index contributed by atoms with van der Waals surface area (Å²) in [5.41, 5.74) is 7.02. The Morgan fingerprint density at radius 3 is 3.00 bits per heavy atom. The van der Waals surface area contributed by atoms with Crippen molar-refractivity contribution in [1.82, 2.24) is 9.97 Å². The summed E-state index contributed by atoms with van der Waals surface area (Å²) >= 11 is 1.76. The van der Waals surface area contributed by atoms with Gasteiger partial charge in [0.15, 0.2) is 0 Å². The lowest BCUT2D eigenvalue weighted by atomic mass is 10.1. The van der Waals surface area contributed by atoms with E-state index in [1.54, 1.807) is 11.3 Å². The molecule has 0 spiro atoms. The fraction of sp³-hybridized carbons (Fsp3) is 0.429. The number of anilines is 1. The molecule has 4 nitrogen and oxygen atoms in total. The van der Waals surface area contributed by atoms with Crippen molar-refractivity contribution in [1.29, 1.82) is 0 Å². The van der Waals surface area contributed by atoms with Crippen LogP contribution in [-0.2, 0) is 0 Å². The lowest BCUT2D eigenvalue weighted by Crippen LogP contribution is -2.43. The minimum Gasteiger partial charge on any atom is -0.339 e. The van der Waals surface area contributed by atoms with Gasteiger partial charge in [0, 0.05) is 30.2 Å². The molecule has 0 amide bonds. The third-order valence-electron chi connectivity index (χ3n) is 3.38. The van der Waals surface area contributed by atoms with Crippen LogP contribution in [0.1, 0.15) is 17.7 Å². The molecule has 2 aromatic heterocycles. The second-order valence-corrected chi connectivity index (χ2v) is 6.29. The molecule has 2 aromatic rings. The molecule has 1 saturated heterocycles. The van der Waals surface area contributed by atoms with E-state index in [4.69, 9.17) is 5.73 Å². The number of nitrogens with two attached hydrogens (primary N) is 1. The standard InChI is InChI=1S/C14H18N4S/c1-10-4-5-13(19-10)12-6-7-16-14(17-12)18-8-2-3-11(15)9-18/h4-7,11H,2-3,8-9,15H2,1H3. The van der Waals surface area contributed by atoms with Crippen LogP contribution in [0.25, 0.3) is 10.6 Å². The number of aryl methyl sites for hydroxylation is 1. The van der Waals surface area contributed by atoms with Crippen LogP contribution in [0.2, 0.25) is 0 Å². The Bertz CT molecular complexity index is 566. The van der Waals surface area contributed by atoms with Crippen LogP contribution in [0.5, 0.6) is 0 Å². The first kappa shape index (κ1) is 12.6. The zero-order valence-electron chi connectivity index (χ0n) is 11.0. The quantitative estimate of drug-likeness (QED) is 0.914. The van der Waals surface area contributed by atoms with Gasteiger partial charge in [-0.1, -0.05) is 0 Å². The van der Waals surface area contributed by atoms with Gasteiger partial charge in [-0.25, -0.2) is 9.97 Å². The third-order valence-corrected chi connectivity index (χ3v) is 4.40. The number of nitrogens with zero attached hydrogens (tertiary/aromatic N) is 3. The number of hydrogen-bond donors (Lipinski definition) is 1. The van der Waals surface area contributed by atoms with Crippen molar-refractivity contribution >= 4 is 17.3 Å². The number of hydrogen-bond acceptors (Lipinski definition) is 5. The van der Waals surface area contributed by atoms with E-state index in [9.17, 15) is 0 Å². The summed E-state index contributed by atoms with van der Waals surface area (Å²) in [7, 11) is 0. The zero-order chi connectivity index (χ0) is 13.2. The molecule has 0 radical (unpaired) electrons. The summed E-state index contributed by atoms with van der Waals surface area (Å²) in [5, 5.41) is 0. The lowest BCUT2D eigenvalue weighted by molar-refractivity contribution is 0.500. The zero-order valence-corrected chi connectivity index (χ0v) is 11.9. The number of rotatable bonds is 2. The first-order valence-corrected chi connectivity index (χ1v) is 7.44. The van der Waals surface area contributed by atoms with E-state index in [1.165, 1.54) is 9.75 Å². The average Bonchev–Trinajstić information content (AvgIpc) is 2.86. The van der Waals surface area contributed by atoms with Gasteiger partial charge in [0.25, 0.3) is 0 Å². The molecule has 0 saturated carbocycles. The van der Waals surface area contributed by atoms with E-state index in [-0.39, 0.29) is 6.04 Å². The van der Waals surface area contributed by atoms with E-state index in [0.29, 0.717) is 0 Å². The molecule has 3 heterocycles. The van der Waals surface area contributed by atoms with Crippen molar-refractivity contribution in [2.45, 2.75) is 25.8 Å². The molecule has 1 aliphatic rings. The van der Waals surface area contributed by atoms with Gasteiger partial charge in [-0.3, -0.25) is 0 Å². The van der Waals surface area contributed by atoms with Gasteiger partial charge in [0.1, 0.15) is 0 Å². The highest BCUT2D eigenvalue weighted by atomic mass is 32.1. The molecule has 1 aliphatic heterocycles. The van der Waals surface area contributed by atoms with E-state index >= 15 is 0 Å². The smallest absolute Gasteiger partial charge is 0.225 e. The monoisotopic (exact) mass is 274 g/mol. The van der Waals surface area contributed by atoms with Crippen LogP contribution in [-0.4, -0.2) is 29.1 Å². The minimum atomic E-state index is 0.241. The summed E-state index contributed by atoms with van der Waals surface area (Å²) in [6.45, 7) is 3.97. The third kappa shape index (κ3) is 2.77. The van der Waals surface area contributed by atoms with Gasteiger partial charge in [-0.15, -0.1) is 11.3 Å². The molecule has 1 atom stereocenters. The second kappa shape index (κ2) is 5.27. The number of aromatic nitrogens is 2. The molecular formula is C14H18N4S. The maximum atomic E-state index is 6.02. The molecule has 3 rings (SSSR count). The average molecular weight is 274 g/mol. The van der Waals surface area contributed by atoms with Crippen LogP contribution in [0.4, 0.5) is 5.95 Å². The van der Waals surface area contributed by atoms with Crippen molar-refractivity contribution in [2.75, 3.05) is 18.0 Å². The largest absolute Gasteiger partial charge is 0.339 e. The first-order valence-electron chi connectivity index (χ1n) is 6.63. The maximum absolute atomic E-state index is 6.02. The van der Waals surface area contributed by atoms with Crippen molar-refractivity contribution < 1.29 is 0 Å². The van der Waals surface area contributed by atoms with Crippen LogP contribution in [0.3, 0.4) is 0 Å². The van der Waals surface area contributed by atoms with Gasteiger partial charge in [0.05, 0.1) is 10.6 Å². The molecule has 0 aliphatic carbocycles. The van der Waals surface area contributed by atoms with Crippen molar-refractivity contribution in [2.24, 2.45) is 5.73 Å². The molecular weight excluding hydrogens is 256 g/mol. The van der Waals surface area contributed by atoms with E-state index < -0.39 is 0 Å². The Morgan fingerprint density at radius 2 is 2.26 bits per heavy atom. The van der Waals surface area contributed by atoms with Crippen molar-refractivity contribution in [3.63, 3.8) is 0 Å². The summed E-state index contributed by atoms with van der Waals surface area (Å²) in [6, 6.07) is 6.45. The van der Waals surface area contributed by atoms with Gasteiger partial charge < -0.3 is 10.6 Å². The Balaban J connectivity index is 1.87. The topological polar surface area (TPSA) is 55.0 Å². The van der Waals surface area contributed by atoms with E-state index in [0.717, 1.165) is 37.6 Å². The van der Waals surface area contributed by atoms with E-state index in [2.05, 4.69) is 33.9 Å². The highest BCUT2D eigenvalue weighted by Crippen LogP contribution is 2.27. The predicted octanol–water partition coefficient (Wildman–Crippen LogP) is 2.44. The SMILES string of the molecule is Cc1ccc(-c2ccnc(N3CCCC(N)C3)n2)s1. The fourth-order valence-electron chi connectivity index (χ4n) is 2.40. The number of thiophene rings is 1. The summed E-state index contributed by atoms with van der Waals surface area (Å²) in [4.78, 5) is 13.8. The molecule has 0 bridgehead atoms. The van der Waals surface area contributed by atoms with E-state index in [1.807, 2.05) is 12.3 Å². The Morgan fingerprint density at radius 1 is 1.37 bits per heavy atom. The van der Waals surface area contributed by atoms with Crippen LogP contribution >= 0.6 is 11.3 Å². The fourth-order valence-corrected chi connectivity index (χ4v) is 3.24. The van der Waals surface area contributed by atoms with Gasteiger partial charge in [0.2, 0.25) is 5.95 Å². The summed E-state index contributed by atoms with van der Waals surface area (Å²) < 4.78 is 0. The van der Waals surface area contributed by atoms with Crippen molar-refractivity contribution in [3.8, 4) is 10.6 Å². The Kier molecular flexibility index (Phi) is 3.48. The predicted molar refractivity (Wildman–Crippen MR) is 79.5 cm³/mol. The molecule has 2 N–H and O–H groups in total.